The topological polar surface area (TPSA) is 33.2 Å². The number of nitrogens with zero attached hydrogens (tertiary/aromatic N) is 2. The minimum atomic E-state index is -0.00560. The number of aromatic nitrogens is 1. The smallest absolute Gasteiger partial charge is 0.272 e. The Kier molecular flexibility index (Phi) is 5.91. The molecule has 0 aliphatic carbocycles. The van der Waals surface area contributed by atoms with Crippen LogP contribution in [0, 0.1) is 0 Å². The molecule has 1 atom stereocenters. The van der Waals surface area contributed by atoms with Crippen molar-refractivity contribution in [2.24, 2.45) is 0 Å². The van der Waals surface area contributed by atoms with Gasteiger partial charge in [-0.05, 0) is 30.5 Å². The fourth-order valence-corrected chi connectivity index (χ4v) is 3.88. The number of fused-ring (bicyclic) bond motifs is 1. The van der Waals surface area contributed by atoms with E-state index in [1.54, 1.807) is 0 Å². The highest BCUT2D eigenvalue weighted by Crippen LogP contribution is 2.35. The Balaban J connectivity index is 2.30. The van der Waals surface area contributed by atoms with Gasteiger partial charge >= 0.3 is 0 Å². The normalized spacial score (nSPS) is 12.2. The van der Waals surface area contributed by atoms with Gasteiger partial charge in [0.2, 0.25) is 0 Å². The number of hydrogen-bond acceptors (Lipinski definition) is 2. The highest BCUT2D eigenvalue weighted by atomic mass is 127. The van der Waals surface area contributed by atoms with Crippen LogP contribution in [0.2, 0.25) is 0 Å². The third kappa shape index (κ3) is 3.47. The molecule has 0 aliphatic heterocycles. The predicted molar refractivity (Wildman–Crippen MR) is 117 cm³/mol. The number of alkyl halides is 1. The number of hydrogen-bond donors (Lipinski definition) is 0. The van der Waals surface area contributed by atoms with Gasteiger partial charge in [0, 0.05) is 28.5 Å². The van der Waals surface area contributed by atoms with Gasteiger partial charge in [-0.15, -0.1) is 0 Å². The van der Waals surface area contributed by atoms with E-state index in [2.05, 4.69) is 54.6 Å². The zero-order valence-electron chi connectivity index (χ0n) is 15.4. The quantitative estimate of drug-likeness (QED) is 0.363. The second-order valence-electron chi connectivity index (χ2n) is 6.50. The van der Waals surface area contributed by atoms with Gasteiger partial charge in [0.05, 0.1) is 5.52 Å². The molecule has 2 aromatic carbocycles. The van der Waals surface area contributed by atoms with Gasteiger partial charge in [0.15, 0.2) is 0 Å². The van der Waals surface area contributed by atoms with E-state index in [1.807, 2.05) is 48.3 Å². The number of amides is 1. The van der Waals surface area contributed by atoms with E-state index in [-0.39, 0.29) is 11.9 Å². The Hall–Kier alpha value is -1.95. The largest absolute Gasteiger partial charge is 0.338 e. The summed E-state index contributed by atoms with van der Waals surface area (Å²) in [5.41, 5.74) is 4.68. The van der Waals surface area contributed by atoms with Crippen LogP contribution in [0.5, 0.6) is 0 Å². The van der Waals surface area contributed by atoms with Gasteiger partial charge in [-0.25, -0.2) is 4.98 Å². The molecule has 1 heterocycles. The molecule has 3 aromatic rings. The molecule has 134 valence electrons. The summed E-state index contributed by atoms with van der Waals surface area (Å²) in [5, 5.41) is 1.09. The number of pyridine rings is 1. The fourth-order valence-electron chi connectivity index (χ4n) is 3.13. The third-order valence-electron chi connectivity index (χ3n) is 4.96. The second kappa shape index (κ2) is 8.16. The lowest BCUT2D eigenvalue weighted by molar-refractivity contribution is 0.0734. The first-order valence-electron chi connectivity index (χ1n) is 8.88. The minimum Gasteiger partial charge on any atom is -0.338 e. The minimum absolute atomic E-state index is 0.00560. The molecular formula is C22H23IN2O. The van der Waals surface area contributed by atoms with Gasteiger partial charge in [-0.1, -0.05) is 78.0 Å². The van der Waals surface area contributed by atoms with E-state index in [4.69, 9.17) is 4.98 Å². The predicted octanol–water partition coefficient (Wildman–Crippen LogP) is 5.71. The van der Waals surface area contributed by atoms with Gasteiger partial charge in [0.1, 0.15) is 5.69 Å². The molecular weight excluding hydrogens is 435 g/mol. The van der Waals surface area contributed by atoms with E-state index >= 15 is 0 Å². The van der Waals surface area contributed by atoms with Crippen molar-refractivity contribution >= 4 is 39.4 Å². The van der Waals surface area contributed by atoms with Crippen molar-refractivity contribution in [3.8, 4) is 11.1 Å². The first-order valence-corrected chi connectivity index (χ1v) is 10.4. The van der Waals surface area contributed by atoms with E-state index in [0.717, 1.165) is 38.4 Å². The van der Waals surface area contributed by atoms with Crippen molar-refractivity contribution < 1.29 is 4.79 Å². The van der Waals surface area contributed by atoms with E-state index in [1.165, 1.54) is 0 Å². The molecule has 1 unspecified atom stereocenters. The molecule has 0 spiro atoms. The maximum absolute atomic E-state index is 13.2. The summed E-state index contributed by atoms with van der Waals surface area (Å²) in [6, 6.07) is 18.5. The molecule has 3 nitrogen and oxygen atoms in total. The number of rotatable bonds is 5. The fraction of sp³-hybridized carbons (Fsp3) is 0.273. The maximum Gasteiger partial charge on any atom is 0.272 e. The van der Waals surface area contributed by atoms with Crippen molar-refractivity contribution in [2.45, 2.75) is 30.7 Å². The maximum atomic E-state index is 13.2. The van der Waals surface area contributed by atoms with Crippen LogP contribution in [-0.4, -0.2) is 28.9 Å². The summed E-state index contributed by atoms with van der Waals surface area (Å²) in [7, 11) is 1.87. The highest BCUT2D eigenvalue weighted by molar-refractivity contribution is 14.1. The van der Waals surface area contributed by atoms with Crippen molar-refractivity contribution in [3.63, 3.8) is 0 Å². The lowest BCUT2D eigenvalue weighted by Gasteiger charge is -2.25. The standard InChI is InChI=1S/C22H23IN2O/c1-4-15(2)25(3)22(26)21-18(14-23)20(16-10-6-5-7-11-16)17-12-8-9-13-19(17)24-21/h5-13,15H,4,14H2,1-3H3. The number of halogens is 1. The van der Waals surface area contributed by atoms with Crippen molar-refractivity contribution in [3.05, 3.63) is 65.9 Å². The third-order valence-corrected chi connectivity index (χ3v) is 5.73. The molecule has 26 heavy (non-hydrogen) atoms. The number of carbonyl (C=O) groups excluding carboxylic acids is 1. The van der Waals surface area contributed by atoms with Crippen molar-refractivity contribution in [1.82, 2.24) is 9.88 Å². The molecule has 0 saturated carbocycles. The summed E-state index contributed by atoms with van der Waals surface area (Å²) in [6.07, 6.45) is 0.918. The van der Waals surface area contributed by atoms with E-state index < -0.39 is 0 Å². The molecule has 1 aromatic heterocycles. The van der Waals surface area contributed by atoms with Crippen LogP contribution in [0.1, 0.15) is 36.3 Å². The van der Waals surface area contributed by atoms with Crippen molar-refractivity contribution in [1.29, 1.82) is 0 Å². The van der Waals surface area contributed by atoms with Gasteiger partial charge in [-0.3, -0.25) is 4.79 Å². The Bertz CT molecular complexity index is 924. The average molecular weight is 458 g/mol. The molecule has 0 N–H and O–H groups in total. The highest BCUT2D eigenvalue weighted by Gasteiger charge is 2.24. The Morgan fingerprint density at radius 2 is 1.77 bits per heavy atom. The van der Waals surface area contributed by atoms with Crippen LogP contribution >= 0.6 is 22.6 Å². The first-order chi connectivity index (χ1) is 12.6. The van der Waals surface area contributed by atoms with Gasteiger partial charge in [-0.2, -0.15) is 0 Å². The first kappa shape index (κ1) is 18.8. The molecule has 1 amide bonds. The number of para-hydroxylation sites is 1. The monoisotopic (exact) mass is 458 g/mol. The average Bonchev–Trinajstić information content (AvgIpc) is 2.71. The van der Waals surface area contributed by atoms with E-state index in [0.29, 0.717) is 5.69 Å². The molecule has 3 rings (SSSR count). The van der Waals surface area contributed by atoms with Crippen LogP contribution in [-0.2, 0) is 4.43 Å². The SMILES string of the molecule is CCC(C)N(C)C(=O)c1nc2ccccc2c(-c2ccccc2)c1CI. The zero-order chi connectivity index (χ0) is 18.7. The van der Waals surface area contributed by atoms with Crippen LogP contribution in [0.25, 0.3) is 22.0 Å². The number of benzene rings is 2. The van der Waals surface area contributed by atoms with Crippen LogP contribution in [0.15, 0.2) is 54.6 Å². The Morgan fingerprint density at radius 3 is 2.42 bits per heavy atom. The molecule has 0 saturated heterocycles. The lowest BCUT2D eigenvalue weighted by atomic mass is 9.94. The summed E-state index contributed by atoms with van der Waals surface area (Å²) < 4.78 is 0.731. The van der Waals surface area contributed by atoms with E-state index in [9.17, 15) is 4.79 Å². The van der Waals surface area contributed by atoms with Crippen molar-refractivity contribution in [2.75, 3.05) is 7.05 Å². The van der Waals surface area contributed by atoms with Crippen LogP contribution in [0.3, 0.4) is 0 Å². The van der Waals surface area contributed by atoms with Crippen LogP contribution < -0.4 is 0 Å². The summed E-state index contributed by atoms with van der Waals surface area (Å²) in [5.74, 6) is -0.00560. The number of carbonyl (C=O) groups is 1. The summed E-state index contributed by atoms with van der Waals surface area (Å²) in [4.78, 5) is 19.8. The molecule has 0 radical (unpaired) electrons. The van der Waals surface area contributed by atoms with Gasteiger partial charge in [0.25, 0.3) is 5.91 Å². The molecule has 0 fully saturated rings. The van der Waals surface area contributed by atoms with Crippen LogP contribution in [0.4, 0.5) is 0 Å². The summed E-state index contributed by atoms with van der Waals surface area (Å²) >= 11 is 2.34. The zero-order valence-corrected chi connectivity index (χ0v) is 17.5. The Morgan fingerprint density at radius 1 is 1.12 bits per heavy atom. The molecule has 0 bridgehead atoms. The van der Waals surface area contributed by atoms with Gasteiger partial charge < -0.3 is 4.90 Å². The molecule has 0 aliphatic rings. The lowest BCUT2D eigenvalue weighted by Crippen LogP contribution is -2.35. The molecule has 4 heteroatoms. The summed E-state index contributed by atoms with van der Waals surface area (Å²) in [6.45, 7) is 4.16. The second-order valence-corrected chi connectivity index (χ2v) is 7.27. The Labute approximate surface area is 168 Å².